The van der Waals surface area contributed by atoms with Gasteiger partial charge in [0.25, 0.3) is 6.01 Å². The second kappa shape index (κ2) is 15.9. The zero-order valence-electron chi connectivity index (χ0n) is 33.9. The molecule has 3 atom stereocenters. The minimum atomic E-state index is -3.23. The summed E-state index contributed by atoms with van der Waals surface area (Å²) in [6, 6.07) is 19.5. The van der Waals surface area contributed by atoms with Crippen LogP contribution in [-0.4, -0.2) is 82.5 Å². The van der Waals surface area contributed by atoms with E-state index in [1.165, 1.54) is 0 Å². The number of aromatic nitrogens is 3. The van der Waals surface area contributed by atoms with Gasteiger partial charge in [-0.15, -0.1) is 0 Å². The Bertz CT molecular complexity index is 1900. The number of rotatable bonds is 14. The largest absolute Gasteiger partial charge is 0.479 e. The van der Waals surface area contributed by atoms with Crippen LogP contribution < -0.4 is 4.74 Å². The number of aliphatic carboxylic acids is 1. The molecule has 2 aromatic heterocycles. The van der Waals surface area contributed by atoms with Crippen LogP contribution in [0.4, 0.5) is 0 Å². The van der Waals surface area contributed by atoms with E-state index in [1.807, 2.05) is 30.3 Å². The molecule has 1 aliphatic heterocycles. The minimum Gasteiger partial charge on any atom is -0.479 e. The molecule has 5 rings (SSSR count). The maximum atomic E-state index is 12.6. The molecule has 1 aliphatic rings. The third kappa shape index (κ3) is 9.55. The van der Waals surface area contributed by atoms with E-state index in [0.29, 0.717) is 28.5 Å². The number of hydrogen-bond acceptors (Lipinski definition) is 8. The van der Waals surface area contributed by atoms with Gasteiger partial charge in [-0.25, -0.2) is 9.78 Å². The highest BCUT2D eigenvalue weighted by atomic mass is 35.5. The van der Waals surface area contributed by atoms with Gasteiger partial charge in [0.1, 0.15) is 6.10 Å². The van der Waals surface area contributed by atoms with Crippen molar-refractivity contribution in [1.29, 1.82) is 0 Å². The first-order valence-electron chi connectivity index (χ1n) is 18.7. The van der Waals surface area contributed by atoms with Crippen LogP contribution in [0, 0.1) is 0 Å². The lowest BCUT2D eigenvalue weighted by molar-refractivity contribution is -0.151. The Morgan fingerprint density at radius 3 is 2.06 bits per heavy atom. The van der Waals surface area contributed by atoms with E-state index in [0.717, 1.165) is 28.3 Å². The Hall–Kier alpha value is -2.89. The summed E-state index contributed by atoms with van der Waals surface area (Å²) in [6.07, 6.45) is -3.02. The van der Waals surface area contributed by atoms with Crippen molar-refractivity contribution in [1.82, 2.24) is 15.0 Å². The number of carboxylic acids is 1. The molecule has 2 aromatic carbocycles. The molecular formula is C40H58ClN3O7Si3. The smallest absolute Gasteiger partial charge is 0.339 e. The number of H-pyrrole nitrogens is 1. The number of imidazole rings is 1. The average Bonchev–Trinajstić information content (AvgIpc) is 3.65. The van der Waals surface area contributed by atoms with Gasteiger partial charge in [-0.3, -0.25) is 0 Å². The summed E-state index contributed by atoms with van der Waals surface area (Å²) in [4.78, 5) is 25.6. The summed E-state index contributed by atoms with van der Waals surface area (Å²) < 4.78 is 32.8. The first kappa shape index (κ1) is 42.3. The normalized spacial score (nSPS) is 18.7. The third-order valence-electron chi connectivity index (χ3n) is 9.50. The van der Waals surface area contributed by atoms with Gasteiger partial charge in [-0.05, 0) is 36.8 Å². The van der Waals surface area contributed by atoms with Crippen LogP contribution >= 0.6 is 11.6 Å². The number of benzene rings is 2. The molecule has 0 bridgehead atoms. The molecular weight excluding hydrogens is 754 g/mol. The lowest BCUT2D eigenvalue weighted by Crippen LogP contribution is -2.64. The van der Waals surface area contributed by atoms with Gasteiger partial charge in [-0.1, -0.05) is 127 Å². The third-order valence-corrected chi connectivity index (χ3v) is 19.8. The monoisotopic (exact) mass is 811 g/mol. The molecule has 10 nitrogen and oxygen atoms in total. The lowest BCUT2D eigenvalue weighted by atomic mass is 10.0. The van der Waals surface area contributed by atoms with E-state index >= 15 is 0 Å². The molecule has 2 N–H and O–H groups in total. The van der Waals surface area contributed by atoms with Crippen molar-refractivity contribution in [2.24, 2.45) is 0 Å². The fraction of sp³-hybridized carbons (Fsp3) is 0.525. The average molecular weight is 813 g/mol. The predicted molar refractivity (Wildman–Crippen MR) is 224 cm³/mol. The molecule has 1 fully saturated rings. The van der Waals surface area contributed by atoms with E-state index < -0.39 is 59.3 Å². The van der Waals surface area contributed by atoms with Crippen LogP contribution in [0.15, 0.2) is 54.6 Å². The molecule has 0 saturated carbocycles. The number of aromatic amines is 1. The predicted octanol–water partition coefficient (Wildman–Crippen LogP) is 10.3. The fourth-order valence-electron chi connectivity index (χ4n) is 7.04. The topological polar surface area (TPSA) is 125 Å². The van der Waals surface area contributed by atoms with Crippen molar-refractivity contribution in [3.05, 3.63) is 65.2 Å². The van der Waals surface area contributed by atoms with E-state index in [1.54, 1.807) is 0 Å². The molecule has 0 unspecified atom stereocenters. The number of fused-ring (bicyclic) bond motifs is 1. The lowest BCUT2D eigenvalue weighted by Gasteiger charge is -2.53. The quantitative estimate of drug-likeness (QED) is 0.0946. The molecule has 14 heteroatoms. The van der Waals surface area contributed by atoms with E-state index in [-0.39, 0.29) is 19.2 Å². The molecule has 0 amide bonds. The van der Waals surface area contributed by atoms with E-state index in [2.05, 4.69) is 110 Å². The summed E-state index contributed by atoms with van der Waals surface area (Å²) in [6.45, 7) is 26.9. The van der Waals surface area contributed by atoms with Crippen molar-refractivity contribution in [2.45, 2.75) is 122 Å². The number of nitrogens with zero attached hydrogens (tertiary/aromatic N) is 2. The van der Waals surface area contributed by atoms with Crippen molar-refractivity contribution >= 4 is 53.7 Å². The van der Waals surface area contributed by atoms with Gasteiger partial charge in [-0.2, -0.15) is 4.98 Å². The highest BCUT2D eigenvalue weighted by Gasteiger charge is 2.63. The number of pyridine rings is 1. The van der Waals surface area contributed by atoms with Crippen molar-refractivity contribution in [3.8, 4) is 28.4 Å². The fourth-order valence-corrected chi connectivity index (χ4v) is 17.8. The number of nitrogens with one attached hydrogen (secondary N) is 1. The van der Waals surface area contributed by atoms with Gasteiger partial charge in [0.2, 0.25) is 0 Å². The second-order valence-electron chi connectivity index (χ2n) is 18.5. The first-order chi connectivity index (χ1) is 25.0. The number of ether oxygens (including phenoxy) is 3. The second-order valence-corrected chi connectivity index (χ2v) is 34.0. The highest BCUT2D eigenvalue weighted by Crippen LogP contribution is 2.54. The molecule has 294 valence electrons. The zero-order chi connectivity index (χ0) is 39.9. The van der Waals surface area contributed by atoms with Crippen LogP contribution in [0.1, 0.15) is 47.1 Å². The Labute approximate surface area is 328 Å². The maximum Gasteiger partial charge on any atom is 0.339 e. The molecule has 1 saturated heterocycles. The van der Waals surface area contributed by atoms with Gasteiger partial charge >= 0.3 is 14.5 Å². The van der Waals surface area contributed by atoms with Crippen LogP contribution in [0.25, 0.3) is 33.5 Å². The van der Waals surface area contributed by atoms with Gasteiger partial charge < -0.3 is 32.8 Å². The molecule has 0 aliphatic carbocycles. The SMILES string of the molecule is CC(C)(C)[Si](O[C@@H]1[C@@H](C(=O)O)OC[C@H]1Oc1nc2nc(-c3ccc(-c4ccccc4)cc3)c(Cl)c(COCC[Si](C)(C)C)c2[nH]1)(O[Si](C)(C)C)C(C)(C)C. The van der Waals surface area contributed by atoms with E-state index in [9.17, 15) is 9.90 Å². The van der Waals surface area contributed by atoms with Crippen LogP contribution in [0.2, 0.25) is 60.4 Å². The van der Waals surface area contributed by atoms with Crippen LogP contribution in [0.3, 0.4) is 0 Å². The van der Waals surface area contributed by atoms with E-state index in [4.69, 9.17) is 44.3 Å². The molecule has 0 radical (unpaired) electrons. The van der Waals surface area contributed by atoms with Crippen molar-refractivity contribution in [3.63, 3.8) is 0 Å². The van der Waals surface area contributed by atoms with Crippen LogP contribution in [0.5, 0.6) is 6.01 Å². The van der Waals surface area contributed by atoms with Crippen molar-refractivity contribution in [2.75, 3.05) is 13.2 Å². The number of hydrogen-bond donors (Lipinski definition) is 2. The zero-order valence-corrected chi connectivity index (χ0v) is 37.7. The van der Waals surface area contributed by atoms with Gasteiger partial charge in [0.05, 0.1) is 29.4 Å². The molecule has 3 heterocycles. The Morgan fingerprint density at radius 2 is 1.50 bits per heavy atom. The molecule has 0 spiro atoms. The number of carbonyl (C=O) groups is 1. The summed E-state index contributed by atoms with van der Waals surface area (Å²) in [5, 5.41) is 9.95. The van der Waals surface area contributed by atoms with Gasteiger partial charge in [0, 0.05) is 35.9 Å². The van der Waals surface area contributed by atoms with Crippen molar-refractivity contribution < 1.29 is 32.7 Å². The summed E-state index contributed by atoms with van der Waals surface area (Å²) in [5.41, 5.74) is 5.33. The number of carboxylic acid groups (broad SMARTS) is 1. The highest BCUT2D eigenvalue weighted by molar-refractivity contribution is 6.85. The Balaban J connectivity index is 1.54. The summed E-state index contributed by atoms with van der Waals surface area (Å²) >= 11 is 7.18. The maximum absolute atomic E-state index is 12.6. The summed E-state index contributed by atoms with van der Waals surface area (Å²) in [5.74, 6) is -1.12. The Kier molecular flexibility index (Phi) is 12.5. The van der Waals surface area contributed by atoms with Crippen LogP contribution in [-0.2, 0) is 29.4 Å². The summed E-state index contributed by atoms with van der Waals surface area (Å²) in [7, 11) is -6.75. The molecule has 54 heavy (non-hydrogen) atoms. The number of halogens is 1. The first-order valence-corrected chi connectivity index (χ1v) is 28.0. The standard InChI is InChI=1S/C40H58ClN3O7Si3/c1-39(2,3)54(40(4,5)6,51-53(10,11)12)50-34-30(25-48-35(34)37(45)46)49-38-43-33-29(24-47-22-23-52(7,8)9)31(41)32(42-36(33)44-38)28-20-18-27(19-21-28)26-16-14-13-15-17-26/h13-21,30,34-35H,22-25H2,1-12H3,(H,45,46)(H,42,43,44)/t30-,34+,35+/m1/s1. The van der Waals surface area contributed by atoms with Gasteiger partial charge in [0.15, 0.2) is 26.2 Å². The molecule has 4 aromatic rings. The minimum absolute atomic E-state index is 0.00967. The Morgan fingerprint density at radius 1 is 0.907 bits per heavy atom.